The molecule has 1 unspecified atom stereocenters. The summed E-state index contributed by atoms with van der Waals surface area (Å²) in [6, 6.07) is 4.04. The second-order valence-corrected chi connectivity index (χ2v) is 6.10. The first-order chi connectivity index (χ1) is 11.2. The van der Waals surface area contributed by atoms with Gasteiger partial charge in [-0.3, -0.25) is 0 Å². The molecule has 0 fully saturated rings. The number of fused-ring (bicyclic) bond motifs is 1. The average molecular weight is 319 g/mol. The van der Waals surface area contributed by atoms with Crippen LogP contribution in [0.5, 0.6) is 5.75 Å². The van der Waals surface area contributed by atoms with Crippen molar-refractivity contribution in [2.24, 2.45) is 4.99 Å². The number of ether oxygens (including phenoxy) is 1. The highest BCUT2D eigenvalue weighted by Gasteiger charge is 2.16. The largest absolute Gasteiger partial charge is 0.508 e. The van der Waals surface area contributed by atoms with Gasteiger partial charge in [0.1, 0.15) is 5.75 Å². The Balaban J connectivity index is 2.15. The molecule has 0 spiro atoms. The maximum absolute atomic E-state index is 10.2. The van der Waals surface area contributed by atoms with Gasteiger partial charge in [-0.25, -0.2) is 4.99 Å². The predicted molar refractivity (Wildman–Crippen MR) is 94.0 cm³/mol. The van der Waals surface area contributed by atoms with Crippen molar-refractivity contribution >= 4 is 5.96 Å². The molecule has 0 amide bonds. The number of phenols is 1. The lowest BCUT2D eigenvalue weighted by atomic mass is 9.88. The van der Waals surface area contributed by atoms with Crippen LogP contribution >= 0.6 is 0 Å². The zero-order chi connectivity index (χ0) is 16.7. The number of guanidine groups is 1. The van der Waals surface area contributed by atoms with Crippen molar-refractivity contribution in [3.63, 3.8) is 0 Å². The molecule has 128 valence electrons. The Morgan fingerprint density at radius 2 is 2.13 bits per heavy atom. The van der Waals surface area contributed by atoms with Crippen LogP contribution in [0.4, 0.5) is 0 Å². The van der Waals surface area contributed by atoms with E-state index in [9.17, 15) is 5.11 Å². The van der Waals surface area contributed by atoms with Crippen LogP contribution in [-0.2, 0) is 24.1 Å². The summed E-state index contributed by atoms with van der Waals surface area (Å²) in [5.41, 5.74) is 3.63. The lowest BCUT2D eigenvalue weighted by molar-refractivity contribution is 0.179. The minimum absolute atomic E-state index is 0.177. The Labute approximate surface area is 139 Å². The van der Waals surface area contributed by atoms with Gasteiger partial charge in [0.05, 0.1) is 13.2 Å². The highest BCUT2D eigenvalue weighted by atomic mass is 16.5. The zero-order valence-corrected chi connectivity index (χ0v) is 14.5. The molecule has 1 aromatic carbocycles. The Kier molecular flexibility index (Phi) is 6.71. The Hall–Kier alpha value is -1.75. The second-order valence-electron chi connectivity index (χ2n) is 6.10. The summed E-state index contributed by atoms with van der Waals surface area (Å²) >= 11 is 0. The lowest BCUT2D eigenvalue weighted by Gasteiger charge is -2.20. The number of hydrogen-bond acceptors (Lipinski definition) is 3. The predicted octanol–water partition coefficient (Wildman–Crippen LogP) is 2.36. The molecule has 2 rings (SSSR count). The molecule has 1 aliphatic rings. The number of aromatic hydroxyl groups is 1. The smallest absolute Gasteiger partial charge is 0.191 e. The summed E-state index contributed by atoms with van der Waals surface area (Å²) in [6.07, 6.45) is 4.57. The SMILES string of the molecule is CCNC(=NCc1c(O)ccc2c1CCCC2)NC(C)COC. The van der Waals surface area contributed by atoms with Crippen molar-refractivity contribution in [2.75, 3.05) is 20.3 Å². The molecule has 0 bridgehead atoms. The molecule has 0 saturated heterocycles. The van der Waals surface area contributed by atoms with Gasteiger partial charge in [0.25, 0.3) is 0 Å². The van der Waals surface area contributed by atoms with Gasteiger partial charge in [-0.2, -0.15) is 0 Å². The zero-order valence-electron chi connectivity index (χ0n) is 14.5. The number of aryl methyl sites for hydroxylation is 1. The fraction of sp³-hybridized carbons (Fsp3) is 0.611. The molecule has 0 aromatic heterocycles. The Bertz CT molecular complexity index is 543. The van der Waals surface area contributed by atoms with Crippen molar-refractivity contribution in [3.05, 3.63) is 28.8 Å². The van der Waals surface area contributed by atoms with Gasteiger partial charge in [0, 0.05) is 25.3 Å². The normalized spacial score (nSPS) is 15.9. The molecule has 0 aliphatic heterocycles. The van der Waals surface area contributed by atoms with Crippen LogP contribution in [0.15, 0.2) is 17.1 Å². The van der Waals surface area contributed by atoms with Crippen molar-refractivity contribution in [1.82, 2.24) is 10.6 Å². The summed E-state index contributed by atoms with van der Waals surface area (Å²) in [5.74, 6) is 1.11. The minimum atomic E-state index is 0.177. The van der Waals surface area contributed by atoms with E-state index in [2.05, 4.69) is 28.6 Å². The third-order valence-corrected chi connectivity index (χ3v) is 4.17. The molecule has 0 heterocycles. The number of aliphatic imine (C=N–C) groups is 1. The van der Waals surface area contributed by atoms with E-state index in [4.69, 9.17) is 4.74 Å². The number of rotatable bonds is 6. The third-order valence-electron chi connectivity index (χ3n) is 4.17. The number of hydrogen-bond donors (Lipinski definition) is 3. The van der Waals surface area contributed by atoms with Gasteiger partial charge in [0.2, 0.25) is 0 Å². The number of nitrogens with zero attached hydrogens (tertiary/aromatic N) is 1. The molecule has 3 N–H and O–H groups in total. The number of methoxy groups -OCH3 is 1. The van der Waals surface area contributed by atoms with E-state index < -0.39 is 0 Å². The van der Waals surface area contributed by atoms with Gasteiger partial charge in [-0.15, -0.1) is 0 Å². The molecule has 23 heavy (non-hydrogen) atoms. The highest BCUT2D eigenvalue weighted by molar-refractivity contribution is 5.80. The van der Waals surface area contributed by atoms with E-state index in [1.807, 2.05) is 13.0 Å². The first-order valence-corrected chi connectivity index (χ1v) is 8.52. The second kappa shape index (κ2) is 8.77. The number of nitrogens with one attached hydrogen (secondary N) is 2. The molecule has 5 heteroatoms. The Morgan fingerprint density at radius 1 is 1.35 bits per heavy atom. The van der Waals surface area contributed by atoms with E-state index in [0.29, 0.717) is 18.9 Å². The first-order valence-electron chi connectivity index (χ1n) is 8.52. The molecule has 1 atom stereocenters. The molecule has 1 aromatic rings. The highest BCUT2D eigenvalue weighted by Crippen LogP contribution is 2.30. The topological polar surface area (TPSA) is 65.9 Å². The summed E-state index contributed by atoms with van der Waals surface area (Å²) in [5, 5.41) is 16.8. The van der Waals surface area contributed by atoms with E-state index in [-0.39, 0.29) is 6.04 Å². The van der Waals surface area contributed by atoms with Crippen LogP contribution < -0.4 is 10.6 Å². The van der Waals surface area contributed by atoms with Gasteiger partial charge in [0.15, 0.2) is 5.96 Å². The Morgan fingerprint density at radius 3 is 2.87 bits per heavy atom. The fourth-order valence-corrected chi connectivity index (χ4v) is 3.07. The third kappa shape index (κ3) is 4.86. The standard InChI is InChI=1S/C18H29N3O2/c1-4-19-18(21-13(2)12-23-3)20-11-16-15-8-6-5-7-14(15)9-10-17(16)22/h9-10,13,22H,4-8,11-12H2,1-3H3,(H2,19,20,21). The lowest BCUT2D eigenvalue weighted by Crippen LogP contribution is -2.43. The first kappa shape index (κ1) is 17.6. The monoisotopic (exact) mass is 319 g/mol. The van der Waals surface area contributed by atoms with E-state index in [1.165, 1.54) is 24.0 Å². The van der Waals surface area contributed by atoms with Crippen LogP contribution in [0.1, 0.15) is 43.4 Å². The summed E-state index contributed by atoms with van der Waals surface area (Å²) in [7, 11) is 1.69. The molecule has 5 nitrogen and oxygen atoms in total. The minimum Gasteiger partial charge on any atom is -0.508 e. The molecule has 0 radical (unpaired) electrons. The van der Waals surface area contributed by atoms with Crippen LogP contribution in [0.2, 0.25) is 0 Å². The van der Waals surface area contributed by atoms with Crippen molar-refractivity contribution < 1.29 is 9.84 Å². The summed E-state index contributed by atoms with van der Waals surface area (Å²) < 4.78 is 5.15. The van der Waals surface area contributed by atoms with Crippen LogP contribution in [0, 0.1) is 0 Å². The maximum Gasteiger partial charge on any atom is 0.191 e. The molecule has 0 saturated carbocycles. The molecular formula is C18H29N3O2. The number of phenolic OH excluding ortho intramolecular Hbond substituents is 1. The van der Waals surface area contributed by atoms with Crippen molar-refractivity contribution in [3.8, 4) is 5.75 Å². The fourth-order valence-electron chi connectivity index (χ4n) is 3.07. The van der Waals surface area contributed by atoms with E-state index >= 15 is 0 Å². The van der Waals surface area contributed by atoms with Crippen molar-refractivity contribution in [1.29, 1.82) is 0 Å². The number of benzene rings is 1. The van der Waals surface area contributed by atoms with Crippen molar-refractivity contribution in [2.45, 2.75) is 52.1 Å². The average Bonchev–Trinajstić information content (AvgIpc) is 2.54. The van der Waals surface area contributed by atoms with Crippen LogP contribution in [0.3, 0.4) is 0 Å². The van der Waals surface area contributed by atoms with Crippen LogP contribution in [-0.4, -0.2) is 37.4 Å². The van der Waals surface area contributed by atoms with Crippen LogP contribution in [0.25, 0.3) is 0 Å². The summed E-state index contributed by atoms with van der Waals surface area (Å²) in [6.45, 7) is 6.00. The summed E-state index contributed by atoms with van der Waals surface area (Å²) in [4.78, 5) is 4.65. The van der Waals surface area contributed by atoms with Gasteiger partial charge < -0.3 is 20.5 Å². The quantitative estimate of drug-likeness (QED) is 0.556. The maximum atomic E-state index is 10.2. The molecular weight excluding hydrogens is 290 g/mol. The van der Waals surface area contributed by atoms with Gasteiger partial charge in [-0.1, -0.05) is 6.07 Å². The van der Waals surface area contributed by atoms with Gasteiger partial charge in [-0.05, 0) is 56.7 Å². The van der Waals surface area contributed by atoms with Gasteiger partial charge >= 0.3 is 0 Å². The van der Waals surface area contributed by atoms with E-state index in [1.54, 1.807) is 7.11 Å². The molecule has 1 aliphatic carbocycles. The van der Waals surface area contributed by atoms with E-state index in [0.717, 1.165) is 30.9 Å².